The molecule has 1 atom stereocenters. The van der Waals surface area contributed by atoms with Crippen LogP contribution in [0.3, 0.4) is 0 Å². The summed E-state index contributed by atoms with van der Waals surface area (Å²) in [6.45, 7) is 7.79. The summed E-state index contributed by atoms with van der Waals surface area (Å²) in [5, 5.41) is 3.35. The predicted molar refractivity (Wildman–Crippen MR) is 58.4 cm³/mol. The largest absolute Gasteiger partial charge is 0.356 e. The Bertz CT molecular complexity index is 314. The molecule has 3 nitrogen and oxygen atoms in total. The van der Waals surface area contributed by atoms with E-state index in [9.17, 15) is 0 Å². The van der Waals surface area contributed by atoms with Crippen molar-refractivity contribution in [2.75, 3.05) is 11.9 Å². The van der Waals surface area contributed by atoms with Crippen LogP contribution in [0.2, 0.25) is 0 Å². The Morgan fingerprint density at radius 2 is 2.36 bits per heavy atom. The Morgan fingerprint density at radius 3 is 2.93 bits per heavy atom. The number of hydrogen-bond donors (Lipinski definition) is 1. The normalized spacial score (nSPS) is 23.5. The van der Waals surface area contributed by atoms with Crippen LogP contribution in [0.25, 0.3) is 0 Å². The minimum absolute atomic E-state index is 0.462. The summed E-state index contributed by atoms with van der Waals surface area (Å²) in [5.74, 6) is 1.03. The van der Waals surface area contributed by atoms with Crippen LogP contribution in [0.5, 0.6) is 0 Å². The maximum atomic E-state index is 4.33. The lowest BCUT2D eigenvalue weighted by atomic mass is 10.2. The zero-order chi connectivity index (χ0) is 10.2. The van der Waals surface area contributed by atoms with Crippen molar-refractivity contribution in [1.82, 2.24) is 9.55 Å². The number of nitrogens with one attached hydrogen (secondary N) is 1. The van der Waals surface area contributed by atoms with E-state index in [1.807, 2.05) is 6.20 Å². The summed E-state index contributed by atoms with van der Waals surface area (Å²) >= 11 is 0. The zero-order valence-electron chi connectivity index (χ0n) is 9.25. The first-order valence-corrected chi connectivity index (χ1v) is 5.42. The van der Waals surface area contributed by atoms with Crippen LogP contribution in [0.1, 0.15) is 39.7 Å². The molecule has 1 aromatic rings. The summed E-state index contributed by atoms with van der Waals surface area (Å²) in [6, 6.07) is 0.643. The summed E-state index contributed by atoms with van der Waals surface area (Å²) < 4.78 is 2.27. The molecule has 78 valence electrons. The third-order valence-corrected chi connectivity index (χ3v) is 3.00. The second-order valence-corrected chi connectivity index (χ2v) is 4.79. The van der Waals surface area contributed by atoms with E-state index >= 15 is 0 Å². The van der Waals surface area contributed by atoms with E-state index in [2.05, 4.69) is 41.8 Å². The first-order valence-electron chi connectivity index (χ1n) is 5.42. The third kappa shape index (κ3) is 1.63. The molecule has 0 saturated heterocycles. The molecule has 1 aliphatic rings. The van der Waals surface area contributed by atoms with Crippen molar-refractivity contribution >= 4 is 5.95 Å². The molecule has 1 heterocycles. The molecule has 1 saturated carbocycles. The molecule has 0 aromatic carbocycles. The SMILES string of the molecule is CCCNc1nccn1C1CC1(C)C. The monoisotopic (exact) mass is 193 g/mol. The number of aromatic nitrogens is 2. The Balaban J connectivity index is 2.07. The van der Waals surface area contributed by atoms with E-state index in [1.165, 1.54) is 6.42 Å². The van der Waals surface area contributed by atoms with Gasteiger partial charge >= 0.3 is 0 Å². The minimum Gasteiger partial charge on any atom is -0.356 e. The van der Waals surface area contributed by atoms with Gasteiger partial charge in [-0.2, -0.15) is 0 Å². The molecule has 14 heavy (non-hydrogen) atoms. The lowest BCUT2D eigenvalue weighted by molar-refractivity contribution is 0.543. The van der Waals surface area contributed by atoms with Crippen LogP contribution in [-0.2, 0) is 0 Å². The number of imidazole rings is 1. The quantitative estimate of drug-likeness (QED) is 0.796. The van der Waals surface area contributed by atoms with E-state index in [0.29, 0.717) is 11.5 Å². The summed E-state index contributed by atoms with van der Waals surface area (Å²) in [5.41, 5.74) is 0.462. The molecule has 1 aliphatic carbocycles. The van der Waals surface area contributed by atoms with Crippen LogP contribution >= 0.6 is 0 Å². The van der Waals surface area contributed by atoms with E-state index in [0.717, 1.165) is 18.9 Å². The second kappa shape index (κ2) is 3.30. The van der Waals surface area contributed by atoms with Gasteiger partial charge < -0.3 is 9.88 Å². The van der Waals surface area contributed by atoms with Crippen LogP contribution < -0.4 is 5.32 Å². The van der Waals surface area contributed by atoms with Gasteiger partial charge in [0.15, 0.2) is 0 Å². The van der Waals surface area contributed by atoms with Crippen molar-refractivity contribution in [2.45, 2.75) is 39.7 Å². The molecule has 1 unspecified atom stereocenters. The fourth-order valence-electron chi connectivity index (χ4n) is 1.85. The molecule has 0 aliphatic heterocycles. The Hall–Kier alpha value is -0.990. The van der Waals surface area contributed by atoms with Gasteiger partial charge in [-0.15, -0.1) is 0 Å². The zero-order valence-corrected chi connectivity index (χ0v) is 9.25. The van der Waals surface area contributed by atoms with Crippen molar-refractivity contribution in [3.8, 4) is 0 Å². The standard InChI is InChI=1S/C11H19N3/c1-4-5-12-10-13-6-7-14(10)9-8-11(9,2)3/h6-7,9H,4-5,8H2,1-3H3,(H,12,13). The molecule has 2 rings (SSSR count). The minimum atomic E-state index is 0.462. The van der Waals surface area contributed by atoms with Gasteiger partial charge in [-0.3, -0.25) is 0 Å². The van der Waals surface area contributed by atoms with Gasteiger partial charge in [-0.05, 0) is 18.3 Å². The van der Waals surface area contributed by atoms with Crippen LogP contribution in [-0.4, -0.2) is 16.1 Å². The lowest BCUT2D eigenvalue weighted by Gasteiger charge is -2.10. The second-order valence-electron chi connectivity index (χ2n) is 4.79. The lowest BCUT2D eigenvalue weighted by Crippen LogP contribution is -2.08. The maximum Gasteiger partial charge on any atom is 0.203 e. The first-order chi connectivity index (χ1) is 6.65. The summed E-state index contributed by atoms with van der Waals surface area (Å²) in [7, 11) is 0. The highest BCUT2D eigenvalue weighted by Gasteiger charge is 2.47. The molecule has 0 amide bonds. The number of rotatable bonds is 4. The highest BCUT2D eigenvalue weighted by Crippen LogP contribution is 2.56. The van der Waals surface area contributed by atoms with Gasteiger partial charge in [0.25, 0.3) is 0 Å². The number of nitrogens with zero attached hydrogens (tertiary/aromatic N) is 2. The molecule has 0 spiro atoms. The van der Waals surface area contributed by atoms with Crippen LogP contribution in [0, 0.1) is 5.41 Å². The van der Waals surface area contributed by atoms with Gasteiger partial charge in [-0.1, -0.05) is 20.8 Å². The van der Waals surface area contributed by atoms with E-state index in [-0.39, 0.29) is 0 Å². The van der Waals surface area contributed by atoms with E-state index < -0.39 is 0 Å². The smallest absolute Gasteiger partial charge is 0.203 e. The molecule has 0 bridgehead atoms. The molecular formula is C11H19N3. The topological polar surface area (TPSA) is 29.9 Å². The molecule has 0 radical (unpaired) electrons. The van der Waals surface area contributed by atoms with Crippen molar-refractivity contribution in [2.24, 2.45) is 5.41 Å². The van der Waals surface area contributed by atoms with Gasteiger partial charge in [-0.25, -0.2) is 4.98 Å². The highest BCUT2D eigenvalue weighted by atomic mass is 15.2. The molecule has 1 N–H and O–H groups in total. The predicted octanol–water partition coefficient (Wildman–Crippen LogP) is 2.68. The third-order valence-electron chi connectivity index (χ3n) is 3.00. The van der Waals surface area contributed by atoms with Gasteiger partial charge in [0, 0.05) is 25.0 Å². The molecule has 3 heteroatoms. The summed E-state index contributed by atoms with van der Waals surface area (Å²) in [4.78, 5) is 4.33. The van der Waals surface area contributed by atoms with E-state index in [1.54, 1.807) is 0 Å². The Kier molecular flexibility index (Phi) is 2.25. The Labute approximate surface area is 85.5 Å². The van der Waals surface area contributed by atoms with Gasteiger partial charge in [0.1, 0.15) is 0 Å². The van der Waals surface area contributed by atoms with E-state index in [4.69, 9.17) is 0 Å². The van der Waals surface area contributed by atoms with Crippen LogP contribution in [0.15, 0.2) is 12.4 Å². The Morgan fingerprint density at radius 1 is 1.64 bits per heavy atom. The van der Waals surface area contributed by atoms with Crippen molar-refractivity contribution in [1.29, 1.82) is 0 Å². The van der Waals surface area contributed by atoms with Crippen molar-refractivity contribution < 1.29 is 0 Å². The van der Waals surface area contributed by atoms with Crippen molar-refractivity contribution in [3.63, 3.8) is 0 Å². The number of hydrogen-bond acceptors (Lipinski definition) is 2. The fraction of sp³-hybridized carbons (Fsp3) is 0.727. The average molecular weight is 193 g/mol. The number of anilines is 1. The van der Waals surface area contributed by atoms with Gasteiger partial charge in [0.05, 0.1) is 0 Å². The van der Waals surface area contributed by atoms with Crippen molar-refractivity contribution in [3.05, 3.63) is 12.4 Å². The molecule has 1 fully saturated rings. The first kappa shape index (κ1) is 9.56. The van der Waals surface area contributed by atoms with Crippen LogP contribution in [0.4, 0.5) is 5.95 Å². The van der Waals surface area contributed by atoms with Gasteiger partial charge in [0.2, 0.25) is 5.95 Å². The maximum absolute atomic E-state index is 4.33. The summed E-state index contributed by atoms with van der Waals surface area (Å²) in [6.07, 6.45) is 6.37. The molecular weight excluding hydrogens is 174 g/mol. The molecule has 1 aromatic heterocycles. The fourth-order valence-corrected chi connectivity index (χ4v) is 1.85. The highest BCUT2D eigenvalue weighted by molar-refractivity contribution is 5.28. The average Bonchev–Trinajstić information content (AvgIpc) is 2.62.